The number of hydrogen-bond acceptors (Lipinski definition) is 1. The summed E-state index contributed by atoms with van der Waals surface area (Å²) in [5, 5.41) is 3.81. The molecule has 1 N–H and O–H groups in total. The van der Waals surface area contributed by atoms with Gasteiger partial charge in [0.05, 0.1) is 0 Å². The third-order valence-corrected chi connectivity index (χ3v) is 11.0. The lowest BCUT2D eigenvalue weighted by Gasteiger charge is -2.61. The highest BCUT2D eigenvalue weighted by Gasteiger charge is 2.61. The zero-order valence-electron chi connectivity index (χ0n) is 23.4. The second-order valence-electron chi connectivity index (χ2n) is 13.1. The van der Waals surface area contributed by atoms with E-state index < -0.39 is 0 Å². The standard InChI is InChI=1S/C40H35N/c1-2-7-28(8-3-1)29-13-15-30(16-14-29)31-9-6-10-34(24-31)41-35-17-18-37-36-11-4-5-12-38(36)40(39(37)25-35)32-20-26-19-27(22-32)23-33(40)21-26/h1-18,24-27,32-33,41H,19-23H2. The summed E-state index contributed by atoms with van der Waals surface area (Å²) in [6, 6.07) is 45.0. The molecule has 0 radical (unpaired) electrons. The van der Waals surface area contributed by atoms with Gasteiger partial charge in [0.1, 0.15) is 0 Å². The predicted octanol–water partition coefficient (Wildman–Crippen LogP) is 10.5. The summed E-state index contributed by atoms with van der Waals surface area (Å²) in [5.41, 5.74) is 13.7. The molecule has 5 aromatic rings. The highest BCUT2D eigenvalue weighted by Crippen LogP contribution is 2.69. The van der Waals surface area contributed by atoms with Crippen molar-refractivity contribution in [3.8, 4) is 33.4 Å². The zero-order chi connectivity index (χ0) is 27.0. The van der Waals surface area contributed by atoms with Gasteiger partial charge < -0.3 is 5.32 Å². The van der Waals surface area contributed by atoms with Gasteiger partial charge in [-0.1, -0.05) is 97.1 Å². The van der Waals surface area contributed by atoms with E-state index in [4.69, 9.17) is 0 Å². The van der Waals surface area contributed by atoms with Crippen LogP contribution in [-0.4, -0.2) is 0 Å². The molecule has 0 heterocycles. The molecule has 1 nitrogen and oxygen atoms in total. The maximum atomic E-state index is 3.81. The van der Waals surface area contributed by atoms with Crippen LogP contribution in [0.2, 0.25) is 0 Å². The van der Waals surface area contributed by atoms with Crippen molar-refractivity contribution in [3.05, 3.63) is 132 Å². The molecule has 1 spiro atoms. The monoisotopic (exact) mass is 529 g/mol. The van der Waals surface area contributed by atoms with Gasteiger partial charge in [-0.25, -0.2) is 0 Å². The molecular weight excluding hydrogens is 494 g/mol. The molecule has 41 heavy (non-hydrogen) atoms. The maximum Gasteiger partial charge on any atom is 0.0390 e. The molecular formula is C40H35N. The van der Waals surface area contributed by atoms with E-state index in [1.807, 2.05) is 0 Å². The van der Waals surface area contributed by atoms with Crippen LogP contribution in [0.1, 0.15) is 43.2 Å². The topological polar surface area (TPSA) is 12.0 Å². The van der Waals surface area contributed by atoms with Crippen molar-refractivity contribution in [1.82, 2.24) is 0 Å². The van der Waals surface area contributed by atoms with E-state index in [0.29, 0.717) is 0 Å². The van der Waals surface area contributed by atoms with Crippen LogP contribution in [0.25, 0.3) is 33.4 Å². The van der Waals surface area contributed by atoms with E-state index in [9.17, 15) is 0 Å². The molecule has 4 saturated carbocycles. The smallest absolute Gasteiger partial charge is 0.0390 e. The lowest BCUT2D eigenvalue weighted by molar-refractivity contribution is -0.0399. The minimum atomic E-state index is 0.208. The van der Waals surface area contributed by atoms with Gasteiger partial charge in [-0.15, -0.1) is 0 Å². The number of anilines is 2. The summed E-state index contributed by atoms with van der Waals surface area (Å²) < 4.78 is 0. The number of hydrogen-bond donors (Lipinski definition) is 1. The second kappa shape index (κ2) is 8.95. The Kier molecular flexibility index (Phi) is 5.15. The summed E-state index contributed by atoms with van der Waals surface area (Å²) in [7, 11) is 0. The van der Waals surface area contributed by atoms with Crippen molar-refractivity contribution in [2.45, 2.75) is 37.5 Å². The van der Waals surface area contributed by atoms with E-state index in [0.717, 1.165) is 29.4 Å². The molecule has 4 fully saturated rings. The molecule has 4 bridgehead atoms. The number of benzene rings is 5. The molecule has 5 aliphatic carbocycles. The zero-order valence-corrected chi connectivity index (χ0v) is 23.4. The molecule has 0 aromatic heterocycles. The van der Waals surface area contributed by atoms with Gasteiger partial charge >= 0.3 is 0 Å². The molecule has 0 unspecified atom stereocenters. The average molecular weight is 530 g/mol. The van der Waals surface area contributed by atoms with Gasteiger partial charge in [0.25, 0.3) is 0 Å². The average Bonchev–Trinajstić information content (AvgIpc) is 3.30. The van der Waals surface area contributed by atoms with Crippen molar-refractivity contribution >= 4 is 11.4 Å². The van der Waals surface area contributed by atoms with E-state index in [1.54, 1.807) is 11.1 Å². The molecule has 0 saturated heterocycles. The van der Waals surface area contributed by atoms with Crippen LogP contribution in [0.5, 0.6) is 0 Å². The number of rotatable bonds is 4. The first-order chi connectivity index (χ1) is 20.3. The summed E-state index contributed by atoms with van der Waals surface area (Å²) in [6.45, 7) is 0. The van der Waals surface area contributed by atoms with Crippen molar-refractivity contribution in [2.24, 2.45) is 23.7 Å². The van der Waals surface area contributed by atoms with E-state index in [2.05, 4.69) is 127 Å². The maximum absolute atomic E-state index is 3.81. The first kappa shape index (κ1) is 23.6. The van der Waals surface area contributed by atoms with Crippen LogP contribution >= 0.6 is 0 Å². The van der Waals surface area contributed by atoms with Gasteiger partial charge in [-0.2, -0.15) is 0 Å². The molecule has 0 amide bonds. The lowest BCUT2D eigenvalue weighted by Crippen LogP contribution is -2.55. The Labute approximate surface area is 243 Å². The summed E-state index contributed by atoms with van der Waals surface area (Å²) >= 11 is 0. The summed E-state index contributed by atoms with van der Waals surface area (Å²) in [5.74, 6) is 3.51. The highest BCUT2D eigenvalue weighted by atomic mass is 14.9. The fraction of sp³-hybridized carbons (Fsp3) is 0.250. The Morgan fingerprint density at radius 2 is 1.02 bits per heavy atom. The molecule has 1 heteroatoms. The SMILES string of the molecule is c1ccc(-c2ccc(-c3cccc(Nc4ccc5c(c4)C4(c6ccccc6-5)C5CC6CC(C5)CC4C6)c3)cc2)cc1. The molecule has 5 aromatic carbocycles. The minimum absolute atomic E-state index is 0.208. The van der Waals surface area contributed by atoms with Crippen molar-refractivity contribution < 1.29 is 0 Å². The normalized spacial score (nSPS) is 26.6. The molecule has 0 aliphatic heterocycles. The fourth-order valence-electron chi connectivity index (χ4n) is 9.66. The molecule has 200 valence electrons. The fourth-order valence-corrected chi connectivity index (χ4v) is 9.66. The second-order valence-corrected chi connectivity index (χ2v) is 13.1. The predicted molar refractivity (Wildman–Crippen MR) is 170 cm³/mol. The Morgan fingerprint density at radius 1 is 0.439 bits per heavy atom. The number of nitrogens with one attached hydrogen (secondary N) is 1. The van der Waals surface area contributed by atoms with Crippen molar-refractivity contribution in [2.75, 3.05) is 5.32 Å². The minimum Gasteiger partial charge on any atom is -0.356 e. The lowest BCUT2D eigenvalue weighted by atomic mass is 9.43. The quantitative estimate of drug-likeness (QED) is 0.244. The number of fused-ring (bicyclic) bond motifs is 3. The van der Waals surface area contributed by atoms with Crippen molar-refractivity contribution in [1.29, 1.82) is 0 Å². The summed E-state index contributed by atoms with van der Waals surface area (Å²) in [4.78, 5) is 0. The Bertz CT molecular complexity index is 1740. The molecule has 5 aliphatic rings. The third-order valence-electron chi connectivity index (χ3n) is 11.0. The van der Waals surface area contributed by atoms with Crippen LogP contribution < -0.4 is 5.32 Å². The van der Waals surface area contributed by atoms with E-state index >= 15 is 0 Å². The van der Waals surface area contributed by atoms with Crippen LogP contribution in [0.4, 0.5) is 11.4 Å². The Hall–Kier alpha value is -4.10. The molecule has 10 rings (SSSR count). The van der Waals surface area contributed by atoms with Gasteiger partial charge in [0.15, 0.2) is 0 Å². The highest BCUT2D eigenvalue weighted by molar-refractivity contribution is 5.84. The Morgan fingerprint density at radius 3 is 1.78 bits per heavy atom. The van der Waals surface area contributed by atoms with Crippen LogP contribution in [0.15, 0.2) is 121 Å². The van der Waals surface area contributed by atoms with Gasteiger partial charge in [-0.05, 0) is 125 Å². The molecule has 0 atom stereocenters. The van der Waals surface area contributed by atoms with Gasteiger partial charge in [-0.3, -0.25) is 0 Å². The largest absolute Gasteiger partial charge is 0.356 e. The summed E-state index contributed by atoms with van der Waals surface area (Å²) in [6.07, 6.45) is 7.17. The van der Waals surface area contributed by atoms with Gasteiger partial charge in [0, 0.05) is 16.8 Å². The first-order valence-electron chi connectivity index (χ1n) is 15.5. The van der Waals surface area contributed by atoms with Gasteiger partial charge in [0.2, 0.25) is 0 Å². The van der Waals surface area contributed by atoms with Crippen molar-refractivity contribution in [3.63, 3.8) is 0 Å². The van der Waals surface area contributed by atoms with Crippen LogP contribution in [-0.2, 0) is 5.41 Å². The van der Waals surface area contributed by atoms with Crippen LogP contribution in [0, 0.1) is 23.7 Å². The third kappa shape index (κ3) is 3.54. The van der Waals surface area contributed by atoms with E-state index in [1.165, 1.54) is 71.2 Å². The Balaban J connectivity index is 1.06. The first-order valence-corrected chi connectivity index (χ1v) is 15.5. The van der Waals surface area contributed by atoms with Crippen LogP contribution in [0.3, 0.4) is 0 Å². The van der Waals surface area contributed by atoms with E-state index in [-0.39, 0.29) is 5.41 Å².